The van der Waals surface area contributed by atoms with Gasteiger partial charge in [-0.25, -0.2) is 18.4 Å². The van der Waals surface area contributed by atoms with E-state index < -0.39 is 15.9 Å². The van der Waals surface area contributed by atoms with Crippen molar-refractivity contribution in [1.82, 2.24) is 19.5 Å². The zero-order valence-corrected chi connectivity index (χ0v) is 22.7. The summed E-state index contributed by atoms with van der Waals surface area (Å²) in [4.78, 5) is 27.3. The lowest BCUT2D eigenvalue weighted by atomic mass is 10.1. The first kappa shape index (κ1) is 26.3. The predicted molar refractivity (Wildman–Crippen MR) is 154 cm³/mol. The molecule has 3 aromatic carbocycles. The van der Waals surface area contributed by atoms with Crippen molar-refractivity contribution in [3.8, 4) is 16.8 Å². The van der Waals surface area contributed by atoms with Crippen LogP contribution in [0.25, 0.3) is 27.7 Å². The van der Waals surface area contributed by atoms with Crippen LogP contribution in [0.15, 0.2) is 88.7 Å². The summed E-state index contributed by atoms with van der Waals surface area (Å²) < 4.78 is 26.5. The maximum Gasteiger partial charge on any atom is 0.267 e. The summed E-state index contributed by atoms with van der Waals surface area (Å²) in [5.74, 6) is 0.794. The fraction of sp³-hybridized carbons (Fsp3) is 0.143. The molecule has 0 fully saturated rings. The number of fused-ring (bicyclic) bond motifs is 1. The van der Waals surface area contributed by atoms with Gasteiger partial charge in [0.2, 0.25) is 5.95 Å². The van der Waals surface area contributed by atoms with E-state index in [1.54, 1.807) is 49.4 Å². The number of nitrogens with two attached hydrogens (primary N) is 1. The Kier molecular flexibility index (Phi) is 7.07. The molecule has 11 heteroatoms. The summed E-state index contributed by atoms with van der Waals surface area (Å²) in [5, 5.41) is 3.95. The minimum Gasteiger partial charge on any atom is -0.368 e. The summed E-state index contributed by atoms with van der Waals surface area (Å²) in [6.45, 7) is 3.44. The van der Waals surface area contributed by atoms with Crippen LogP contribution in [0.2, 0.25) is 5.02 Å². The third-order valence-electron chi connectivity index (χ3n) is 6.32. The zero-order chi connectivity index (χ0) is 27.7. The molecular formula is C28H25ClN6O3S. The van der Waals surface area contributed by atoms with Gasteiger partial charge in [0.05, 0.1) is 38.3 Å². The Bertz CT molecular complexity index is 1860. The largest absolute Gasteiger partial charge is 0.368 e. The molecule has 9 nitrogen and oxygen atoms in total. The number of sulfone groups is 1. The lowest BCUT2D eigenvalue weighted by molar-refractivity contribution is 0.597. The maximum atomic E-state index is 13.7. The molecule has 2 heterocycles. The maximum absolute atomic E-state index is 13.7. The van der Waals surface area contributed by atoms with Gasteiger partial charge in [0.15, 0.2) is 9.84 Å². The average molecular weight is 561 g/mol. The number of aromatic nitrogens is 4. The second kappa shape index (κ2) is 10.5. The molecule has 0 radical (unpaired) electrons. The first-order chi connectivity index (χ1) is 18.7. The van der Waals surface area contributed by atoms with Gasteiger partial charge in [0.1, 0.15) is 11.6 Å². The number of hydrogen-bond donors (Lipinski definition) is 2. The number of nitrogens with zero attached hydrogens (tertiary/aromatic N) is 4. The smallest absolute Gasteiger partial charge is 0.267 e. The summed E-state index contributed by atoms with van der Waals surface area (Å²) >= 11 is 6.40. The molecule has 1 atom stereocenters. The Morgan fingerprint density at radius 1 is 1.03 bits per heavy atom. The highest BCUT2D eigenvalue weighted by Gasteiger charge is 2.22. The normalized spacial score (nSPS) is 12.4. The number of anilines is 2. The first-order valence-electron chi connectivity index (χ1n) is 12.2. The lowest BCUT2D eigenvalue weighted by Gasteiger charge is -2.21. The summed E-state index contributed by atoms with van der Waals surface area (Å²) in [6.07, 6.45) is 1.53. The molecule has 198 valence electrons. The van der Waals surface area contributed by atoms with E-state index in [1.165, 1.54) is 10.8 Å². The Labute approximate surface area is 230 Å². The van der Waals surface area contributed by atoms with Gasteiger partial charge >= 0.3 is 0 Å². The van der Waals surface area contributed by atoms with E-state index in [1.807, 2.05) is 37.3 Å². The number of nitrogen functional groups attached to an aromatic ring is 1. The van der Waals surface area contributed by atoms with Crippen molar-refractivity contribution in [2.75, 3.05) is 16.8 Å². The van der Waals surface area contributed by atoms with Gasteiger partial charge in [-0.2, -0.15) is 4.98 Å². The van der Waals surface area contributed by atoms with Crippen LogP contribution in [0.4, 0.5) is 11.8 Å². The minimum atomic E-state index is -3.43. The summed E-state index contributed by atoms with van der Waals surface area (Å²) in [6, 6.07) is 20.3. The molecule has 3 N–H and O–H groups in total. The highest BCUT2D eigenvalue weighted by molar-refractivity contribution is 7.91. The zero-order valence-electron chi connectivity index (χ0n) is 21.2. The van der Waals surface area contributed by atoms with Crippen LogP contribution in [0.5, 0.6) is 0 Å². The first-order valence-corrected chi connectivity index (χ1v) is 14.2. The monoisotopic (exact) mass is 560 g/mol. The second-order valence-electron chi connectivity index (χ2n) is 8.87. The van der Waals surface area contributed by atoms with Crippen molar-refractivity contribution in [3.05, 3.63) is 100 Å². The van der Waals surface area contributed by atoms with Gasteiger partial charge in [-0.1, -0.05) is 54.9 Å². The molecule has 0 spiro atoms. The van der Waals surface area contributed by atoms with E-state index in [0.29, 0.717) is 44.4 Å². The fourth-order valence-electron chi connectivity index (χ4n) is 4.33. The van der Waals surface area contributed by atoms with Crippen LogP contribution in [0, 0.1) is 0 Å². The van der Waals surface area contributed by atoms with E-state index in [9.17, 15) is 13.2 Å². The van der Waals surface area contributed by atoms with Crippen LogP contribution < -0.4 is 16.6 Å². The molecule has 0 aliphatic carbocycles. The second-order valence-corrected chi connectivity index (χ2v) is 11.6. The van der Waals surface area contributed by atoms with Crippen molar-refractivity contribution in [2.45, 2.75) is 24.8 Å². The van der Waals surface area contributed by atoms with Crippen LogP contribution in [0.1, 0.15) is 25.7 Å². The SMILES string of the molecule is CCS(=O)(=O)c1cccc(-c2cnc(N)nc2N[C@H](C)c2nc3cccc(Cl)c3c(=O)n2-c2ccccc2)c1. The highest BCUT2D eigenvalue weighted by atomic mass is 35.5. The quantitative estimate of drug-likeness (QED) is 0.283. The number of benzene rings is 3. The van der Waals surface area contributed by atoms with Crippen molar-refractivity contribution in [2.24, 2.45) is 0 Å². The number of para-hydroxylation sites is 1. The number of hydrogen-bond acceptors (Lipinski definition) is 8. The Hall–Kier alpha value is -4.28. The van der Waals surface area contributed by atoms with Crippen LogP contribution >= 0.6 is 11.6 Å². The molecule has 5 aromatic rings. The van der Waals surface area contributed by atoms with Crippen LogP contribution in [-0.4, -0.2) is 33.7 Å². The van der Waals surface area contributed by atoms with Crippen molar-refractivity contribution in [1.29, 1.82) is 0 Å². The molecular weight excluding hydrogens is 536 g/mol. The van der Waals surface area contributed by atoms with E-state index >= 15 is 0 Å². The molecule has 0 aliphatic rings. The van der Waals surface area contributed by atoms with Crippen molar-refractivity contribution >= 4 is 44.1 Å². The van der Waals surface area contributed by atoms with Crippen LogP contribution in [-0.2, 0) is 9.84 Å². The molecule has 0 amide bonds. The van der Waals surface area contributed by atoms with Crippen molar-refractivity contribution < 1.29 is 8.42 Å². The van der Waals surface area contributed by atoms with Gasteiger partial charge in [0.25, 0.3) is 5.56 Å². The third-order valence-corrected chi connectivity index (χ3v) is 8.37. The minimum absolute atomic E-state index is 0.0223. The van der Waals surface area contributed by atoms with Gasteiger partial charge < -0.3 is 11.1 Å². The molecule has 0 saturated heterocycles. The van der Waals surface area contributed by atoms with E-state index in [0.717, 1.165) is 0 Å². The van der Waals surface area contributed by atoms with Gasteiger partial charge in [-0.15, -0.1) is 0 Å². The molecule has 0 saturated carbocycles. The van der Waals surface area contributed by atoms with Gasteiger partial charge in [-0.05, 0) is 48.9 Å². The Morgan fingerprint density at radius 3 is 2.51 bits per heavy atom. The average Bonchev–Trinajstić information content (AvgIpc) is 2.93. The highest BCUT2D eigenvalue weighted by Crippen LogP contribution is 2.31. The lowest BCUT2D eigenvalue weighted by Crippen LogP contribution is -2.27. The number of halogens is 1. The fourth-order valence-corrected chi connectivity index (χ4v) is 5.51. The van der Waals surface area contributed by atoms with Gasteiger partial charge in [0, 0.05) is 11.8 Å². The molecule has 0 unspecified atom stereocenters. The molecule has 0 bridgehead atoms. The molecule has 0 aliphatic heterocycles. The standard InChI is InChI=1S/C28H25ClN6O3S/c1-3-39(37,38)20-12-7-9-18(15-20)21-16-31-28(30)34-25(21)32-17(2)26-33-23-14-8-13-22(29)24(23)27(36)35(26)19-10-5-4-6-11-19/h4-17H,3H2,1-2H3,(H3,30,31,32,34)/t17-/m1/s1. The number of nitrogens with one attached hydrogen (secondary N) is 1. The van der Waals surface area contributed by atoms with E-state index in [-0.39, 0.29) is 22.2 Å². The molecule has 2 aromatic heterocycles. The number of rotatable bonds is 7. The predicted octanol–water partition coefficient (Wildman–Crippen LogP) is 5.05. The summed E-state index contributed by atoms with van der Waals surface area (Å²) in [7, 11) is -3.43. The Morgan fingerprint density at radius 2 is 1.77 bits per heavy atom. The summed E-state index contributed by atoms with van der Waals surface area (Å²) in [5.41, 5.74) is 7.85. The van der Waals surface area contributed by atoms with E-state index in [2.05, 4.69) is 15.3 Å². The topological polar surface area (TPSA) is 133 Å². The van der Waals surface area contributed by atoms with Crippen LogP contribution in [0.3, 0.4) is 0 Å². The molecule has 39 heavy (non-hydrogen) atoms. The molecule has 5 rings (SSSR count). The van der Waals surface area contributed by atoms with Crippen molar-refractivity contribution in [3.63, 3.8) is 0 Å². The third kappa shape index (κ3) is 5.08. The van der Waals surface area contributed by atoms with Gasteiger partial charge in [-0.3, -0.25) is 9.36 Å². The van der Waals surface area contributed by atoms with E-state index in [4.69, 9.17) is 22.3 Å². The Balaban J connectivity index is 1.65.